The Labute approximate surface area is 188 Å². The predicted molar refractivity (Wildman–Crippen MR) is 121 cm³/mol. The summed E-state index contributed by atoms with van der Waals surface area (Å²) in [4.78, 5) is 16.0. The molecule has 152 valence electrons. The minimum atomic E-state index is -0.489. The van der Waals surface area contributed by atoms with Gasteiger partial charge in [-0.25, -0.2) is 8.78 Å². The minimum absolute atomic E-state index is 0. The summed E-state index contributed by atoms with van der Waals surface area (Å²) in [5.74, 6) is -0.635. The number of halogens is 4. The molecule has 0 aliphatic rings. The molecule has 3 N–H and O–H groups in total. The first-order chi connectivity index (χ1) is 13.0. The summed E-state index contributed by atoms with van der Waals surface area (Å²) in [7, 11) is 1.59. The molecule has 1 amide bonds. The van der Waals surface area contributed by atoms with Gasteiger partial charge in [0.1, 0.15) is 11.6 Å². The quantitative estimate of drug-likeness (QED) is 0.207. The Hall–Kier alpha value is -1.75. The summed E-state index contributed by atoms with van der Waals surface area (Å²) in [5, 5.41) is 8.82. The number of amides is 1. The topological polar surface area (TPSA) is 65.5 Å². The van der Waals surface area contributed by atoms with Crippen molar-refractivity contribution >= 4 is 51.8 Å². The summed E-state index contributed by atoms with van der Waals surface area (Å²) in [5.41, 5.74) is 0.811. The molecular weight excluding hydrogens is 545 g/mol. The van der Waals surface area contributed by atoms with Gasteiger partial charge in [-0.2, -0.15) is 0 Å². The SMILES string of the molecule is CN=C(NCCCNC(=O)c1cccc(Br)c1)NCc1cc(F)ccc1F.I. The fraction of sp³-hybridized carbons (Fsp3) is 0.263. The third-order valence-corrected chi connectivity index (χ3v) is 4.19. The van der Waals surface area contributed by atoms with Crippen LogP contribution in [0.5, 0.6) is 0 Å². The van der Waals surface area contributed by atoms with E-state index >= 15 is 0 Å². The average Bonchev–Trinajstić information content (AvgIpc) is 2.66. The van der Waals surface area contributed by atoms with Crippen LogP contribution in [0.3, 0.4) is 0 Å². The molecule has 0 saturated heterocycles. The van der Waals surface area contributed by atoms with Crippen LogP contribution in [0.1, 0.15) is 22.3 Å². The highest BCUT2D eigenvalue weighted by Crippen LogP contribution is 2.11. The molecule has 0 radical (unpaired) electrons. The van der Waals surface area contributed by atoms with Crippen molar-refractivity contribution in [1.29, 1.82) is 0 Å². The van der Waals surface area contributed by atoms with Gasteiger partial charge in [-0.3, -0.25) is 9.79 Å². The largest absolute Gasteiger partial charge is 0.356 e. The Morgan fingerprint density at radius 3 is 2.54 bits per heavy atom. The average molecular weight is 567 g/mol. The van der Waals surface area contributed by atoms with E-state index in [9.17, 15) is 13.6 Å². The van der Waals surface area contributed by atoms with Crippen molar-refractivity contribution < 1.29 is 13.6 Å². The fourth-order valence-electron chi connectivity index (χ4n) is 2.31. The van der Waals surface area contributed by atoms with Gasteiger partial charge in [-0.1, -0.05) is 22.0 Å². The van der Waals surface area contributed by atoms with Crippen molar-refractivity contribution in [3.63, 3.8) is 0 Å². The molecule has 0 heterocycles. The number of carbonyl (C=O) groups excluding carboxylic acids is 1. The van der Waals surface area contributed by atoms with Crippen molar-refractivity contribution in [3.8, 4) is 0 Å². The van der Waals surface area contributed by atoms with Gasteiger partial charge in [-0.15, -0.1) is 24.0 Å². The molecule has 0 bridgehead atoms. The lowest BCUT2D eigenvalue weighted by Crippen LogP contribution is -2.38. The predicted octanol–water partition coefficient (Wildman–Crippen LogP) is 3.83. The zero-order chi connectivity index (χ0) is 19.6. The molecule has 0 fully saturated rings. The molecule has 0 aliphatic carbocycles. The van der Waals surface area contributed by atoms with E-state index in [4.69, 9.17) is 0 Å². The van der Waals surface area contributed by atoms with Crippen molar-refractivity contribution in [1.82, 2.24) is 16.0 Å². The number of aliphatic imine (C=N–C) groups is 1. The lowest BCUT2D eigenvalue weighted by molar-refractivity contribution is 0.0953. The highest BCUT2D eigenvalue weighted by atomic mass is 127. The third-order valence-electron chi connectivity index (χ3n) is 3.70. The van der Waals surface area contributed by atoms with Gasteiger partial charge in [0.15, 0.2) is 5.96 Å². The van der Waals surface area contributed by atoms with Crippen molar-refractivity contribution in [2.45, 2.75) is 13.0 Å². The molecule has 9 heteroatoms. The molecule has 0 saturated carbocycles. The van der Waals surface area contributed by atoms with E-state index in [0.717, 1.165) is 22.7 Å². The number of rotatable bonds is 7. The summed E-state index contributed by atoms with van der Waals surface area (Å²) < 4.78 is 27.6. The van der Waals surface area contributed by atoms with E-state index in [0.29, 0.717) is 31.0 Å². The van der Waals surface area contributed by atoms with E-state index in [2.05, 4.69) is 36.9 Å². The lowest BCUT2D eigenvalue weighted by atomic mass is 10.2. The second-order valence-corrected chi connectivity index (χ2v) is 6.62. The maximum Gasteiger partial charge on any atom is 0.251 e. The highest BCUT2D eigenvalue weighted by molar-refractivity contribution is 14.0. The number of hydrogen-bond acceptors (Lipinski definition) is 2. The Morgan fingerprint density at radius 1 is 1.07 bits per heavy atom. The first kappa shape index (κ1) is 24.3. The molecule has 0 aromatic heterocycles. The van der Waals surface area contributed by atoms with Crippen LogP contribution in [0.25, 0.3) is 0 Å². The smallest absolute Gasteiger partial charge is 0.251 e. The summed E-state index contributed by atoms with van der Waals surface area (Å²) in [6.45, 7) is 1.17. The number of benzene rings is 2. The molecule has 2 aromatic carbocycles. The summed E-state index contributed by atoms with van der Waals surface area (Å²) in [6.07, 6.45) is 0.675. The van der Waals surface area contributed by atoms with Crippen LogP contribution >= 0.6 is 39.9 Å². The molecule has 0 unspecified atom stereocenters. The Bertz CT molecular complexity index is 820. The summed E-state index contributed by atoms with van der Waals surface area (Å²) in [6, 6.07) is 10.5. The van der Waals surface area contributed by atoms with Crippen LogP contribution in [0.15, 0.2) is 51.9 Å². The maximum atomic E-state index is 13.6. The molecule has 2 rings (SSSR count). The van der Waals surface area contributed by atoms with E-state index < -0.39 is 11.6 Å². The van der Waals surface area contributed by atoms with Gasteiger partial charge < -0.3 is 16.0 Å². The van der Waals surface area contributed by atoms with Crippen LogP contribution in [-0.2, 0) is 6.54 Å². The molecule has 0 spiro atoms. The van der Waals surface area contributed by atoms with Crippen LogP contribution in [0, 0.1) is 11.6 Å². The first-order valence-corrected chi connectivity index (χ1v) is 9.21. The second kappa shape index (κ2) is 12.7. The van der Waals surface area contributed by atoms with E-state index in [-0.39, 0.29) is 42.0 Å². The Kier molecular flexibility index (Phi) is 11.0. The standard InChI is InChI=1S/C19H21BrF2N4O.HI/c1-23-19(26-12-14-11-16(21)6-7-17(14)22)25-9-3-8-24-18(27)13-4-2-5-15(20)10-13;/h2,4-7,10-11H,3,8-9,12H2,1H3,(H,24,27)(H2,23,25,26);1H. The van der Waals surface area contributed by atoms with Crippen LogP contribution in [0.2, 0.25) is 0 Å². The van der Waals surface area contributed by atoms with Gasteiger partial charge in [-0.05, 0) is 42.8 Å². The molecular formula is C19H22BrF2IN4O. The molecule has 28 heavy (non-hydrogen) atoms. The molecule has 5 nitrogen and oxygen atoms in total. The van der Waals surface area contributed by atoms with Crippen LogP contribution in [-0.4, -0.2) is 32.0 Å². The highest BCUT2D eigenvalue weighted by Gasteiger charge is 2.06. The normalized spacial score (nSPS) is 10.8. The monoisotopic (exact) mass is 566 g/mol. The minimum Gasteiger partial charge on any atom is -0.356 e. The van der Waals surface area contributed by atoms with E-state index in [1.165, 1.54) is 0 Å². The first-order valence-electron chi connectivity index (χ1n) is 8.42. The maximum absolute atomic E-state index is 13.6. The van der Waals surface area contributed by atoms with Gasteiger partial charge in [0, 0.05) is 42.3 Å². The Morgan fingerprint density at radius 2 is 1.82 bits per heavy atom. The van der Waals surface area contributed by atoms with E-state index in [1.54, 1.807) is 25.2 Å². The zero-order valence-electron chi connectivity index (χ0n) is 15.3. The number of carbonyl (C=O) groups is 1. The lowest BCUT2D eigenvalue weighted by Gasteiger charge is -2.12. The molecule has 0 aliphatic heterocycles. The van der Waals surface area contributed by atoms with Crippen molar-refractivity contribution in [2.24, 2.45) is 4.99 Å². The van der Waals surface area contributed by atoms with Gasteiger partial charge in [0.05, 0.1) is 0 Å². The van der Waals surface area contributed by atoms with Crippen molar-refractivity contribution in [3.05, 3.63) is 69.7 Å². The van der Waals surface area contributed by atoms with Crippen LogP contribution < -0.4 is 16.0 Å². The summed E-state index contributed by atoms with van der Waals surface area (Å²) >= 11 is 3.33. The number of guanidine groups is 1. The molecule has 2 aromatic rings. The second-order valence-electron chi connectivity index (χ2n) is 5.71. The third kappa shape index (κ3) is 8.09. The Balaban J connectivity index is 0.00000392. The van der Waals surface area contributed by atoms with Crippen molar-refractivity contribution in [2.75, 3.05) is 20.1 Å². The molecule has 0 atom stereocenters. The number of nitrogens with zero attached hydrogens (tertiary/aromatic N) is 1. The van der Waals surface area contributed by atoms with Gasteiger partial charge in [0.25, 0.3) is 5.91 Å². The zero-order valence-corrected chi connectivity index (χ0v) is 19.2. The van der Waals surface area contributed by atoms with Crippen LogP contribution in [0.4, 0.5) is 8.78 Å². The number of nitrogens with one attached hydrogen (secondary N) is 3. The fourth-order valence-corrected chi connectivity index (χ4v) is 2.71. The van der Waals surface area contributed by atoms with E-state index in [1.807, 2.05) is 6.07 Å². The van der Waals surface area contributed by atoms with Gasteiger partial charge >= 0.3 is 0 Å². The van der Waals surface area contributed by atoms with Gasteiger partial charge in [0.2, 0.25) is 0 Å². The number of hydrogen-bond donors (Lipinski definition) is 3.